The van der Waals surface area contributed by atoms with Crippen LogP contribution in [0, 0.1) is 27.6 Å². The number of alkyl halides is 3. The van der Waals surface area contributed by atoms with E-state index in [2.05, 4.69) is 15.3 Å². The van der Waals surface area contributed by atoms with Gasteiger partial charge in [-0.15, -0.1) is 0 Å². The van der Waals surface area contributed by atoms with Crippen molar-refractivity contribution in [1.82, 2.24) is 9.97 Å². The predicted octanol–water partition coefficient (Wildman–Crippen LogP) is 6.81. The molecule has 4 aromatic rings. The zero-order chi connectivity index (χ0) is 26.7. The minimum absolute atomic E-state index is 0.0187. The van der Waals surface area contributed by atoms with Crippen LogP contribution in [0.5, 0.6) is 5.75 Å². The Labute approximate surface area is 204 Å². The Balaban J connectivity index is 1.66. The van der Waals surface area contributed by atoms with Crippen molar-refractivity contribution < 1.29 is 36.0 Å². The number of anilines is 2. The van der Waals surface area contributed by atoms with Gasteiger partial charge in [0.05, 0.1) is 10.5 Å². The van der Waals surface area contributed by atoms with Crippen molar-refractivity contribution in [2.24, 2.45) is 0 Å². The van der Waals surface area contributed by atoms with Gasteiger partial charge in [0.25, 0.3) is 0 Å². The zero-order valence-corrected chi connectivity index (χ0v) is 18.4. The van der Waals surface area contributed by atoms with Crippen molar-refractivity contribution in [2.75, 3.05) is 5.32 Å². The Morgan fingerprint density at radius 3 is 2.24 bits per heavy atom. The molecule has 0 aliphatic rings. The quantitative estimate of drug-likeness (QED) is 0.164. The van der Waals surface area contributed by atoms with E-state index >= 15 is 0 Å². The maximum absolute atomic E-state index is 14.7. The first kappa shape index (κ1) is 25.4. The smallest absolute Gasteiger partial charge is 0.419 e. The number of nitrogens with one attached hydrogen (secondary N) is 1. The lowest BCUT2D eigenvalue weighted by molar-refractivity contribution is -0.384. The minimum atomic E-state index is -5.03. The Hall–Kier alpha value is -4.68. The first-order valence-corrected chi connectivity index (χ1v) is 10.3. The van der Waals surface area contributed by atoms with E-state index in [-0.39, 0.29) is 17.9 Å². The van der Waals surface area contributed by atoms with Crippen LogP contribution in [0.15, 0.2) is 66.9 Å². The van der Waals surface area contributed by atoms with Crippen molar-refractivity contribution >= 4 is 17.2 Å². The molecular formula is C24H14F6N4O3. The Bertz CT molecular complexity index is 1440. The Morgan fingerprint density at radius 2 is 1.62 bits per heavy atom. The van der Waals surface area contributed by atoms with Gasteiger partial charge in [-0.1, -0.05) is 30.3 Å². The fourth-order valence-corrected chi connectivity index (χ4v) is 3.23. The van der Waals surface area contributed by atoms with Crippen LogP contribution < -0.4 is 10.1 Å². The summed E-state index contributed by atoms with van der Waals surface area (Å²) in [4.78, 5) is 17.9. The fourth-order valence-electron chi connectivity index (χ4n) is 3.23. The molecule has 37 heavy (non-hydrogen) atoms. The molecule has 1 aromatic heterocycles. The van der Waals surface area contributed by atoms with Gasteiger partial charge in [0.1, 0.15) is 30.1 Å². The van der Waals surface area contributed by atoms with Crippen molar-refractivity contribution in [3.05, 3.63) is 106 Å². The standard InChI is InChI=1S/C24H14F6N4O3/c25-17-7-6-14(8-16(17)24(28,29)30)22-31-11-20(34(35)36)23(33-22)32-21-18(26)9-15(10-19(21)27)37-12-13-4-2-1-3-5-13/h1-11H,12H2,(H,31,32,33). The molecule has 0 spiro atoms. The van der Waals surface area contributed by atoms with E-state index in [0.29, 0.717) is 18.3 Å². The summed E-state index contributed by atoms with van der Waals surface area (Å²) in [7, 11) is 0. The highest BCUT2D eigenvalue weighted by Gasteiger charge is 2.34. The van der Waals surface area contributed by atoms with Crippen molar-refractivity contribution in [2.45, 2.75) is 12.8 Å². The average Bonchev–Trinajstić information content (AvgIpc) is 2.85. The molecule has 190 valence electrons. The summed E-state index contributed by atoms with van der Waals surface area (Å²) in [6, 6.07) is 12.3. The molecule has 0 bridgehead atoms. The van der Waals surface area contributed by atoms with Gasteiger partial charge in [0, 0.05) is 17.7 Å². The van der Waals surface area contributed by atoms with Crippen LogP contribution in [0.1, 0.15) is 11.1 Å². The lowest BCUT2D eigenvalue weighted by Gasteiger charge is -2.13. The van der Waals surface area contributed by atoms with E-state index < -0.39 is 57.1 Å². The number of halogens is 6. The number of hydrogen-bond donors (Lipinski definition) is 1. The highest BCUT2D eigenvalue weighted by Crippen LogP contribution is 2.35. The Kier molecular flexibility index (Phi) is 6.96. The van der Waals surface area contributed by atoms with E-state index in [0.717, 1.165) is 23.8 Å². The average molecular weight is 520 g/mol. The van der Waals surface area contributed by atoms with Gasteiger partial charge < -0.3 is 10.1 Å². The maximum atomic E-state index is 14.7. The molecule has 1 N–H and O–H groups in total. The molecule has 13 heteroatoms. The van der Waals surface area contributed by atoms with Crippen molar-refractivity contribution in [3.63, 3.8) is 0 Å². The second-order valence-corrected chi connectivity index (χ2v) is 7.54. The SMILES string of the molecule is O=[N+]([O-])c1cnc(-c2ccc(F)c(C(F)(F)F)c2)nc1Nc1c(F)cc(OCc2ccccc2)cc1F. The molecule has 0 aliphatic carbocycles. The van der Waals surface area contributed by atoms with E-state index in [4.69, 9.17) is 4.74 Å². The van der Waals surface area contributed by atoms with Gasteiger partial charge in [-0.2, -0.15) is 13.2 Å². The minimum Gasteiger partial charge on any atom is -0.489 e. The largest absolute Gasteiger partial charge is 0.489 e. The van der Waals surface area contributed by atoms with E-state index in [1.165, 1.54) is 0 Å². The first-order chi connectivity index (χ1) is 17.5. The molecule has 0 fully saturated rings. The molecule has 4 rings (SSSR count). The number of benzene rings is 3. The molecule has 3 aromatic carbocycles. The second kappa shape index (κ2) is 10.1. The number of nitro groups is 1. The van der Waals surface area contributed by atoms with Gasteiger partial charge >= 0.3 is 11.9 Å². The van der Waals surface area contributed by atoms with E-state index in [1.807, 2.05) is 0 Å². The molecule has 0 saturated heterocycles. The first-order valence-electron chi connectivity index (χ1n) is 10.3. The maximum Gasteiger partial charge on any atom is 0.419 e. The van der Waals surface area contributed by atoms with Crippen LogP contribution >= 0.6 is 0 Å². The molecular weight excluding hydrogens is 506 g/mol. The third-order valence-corrected chi connectivity index (χ3v) is 5.00. The van der Waals surface area contributed by atoms with Crippen LogP contribution in [-0.4, -0.2) is 14.9 Å². The van der Waals surface area contributed by atoms with E-state index in [9.17, 15) is 36.5 Å². The van der Waals surface area contributed by atoms with Crippen molar-refractivity contribution in [3.8, 4) is 17.1 Å². The highest BCUT2D eigenvalue weighted by atomic mass is 19.4. The number of ether oxygens (including phenoxy) is 1. The van der Waals surface area contributed by atoms with E-state index in [1.54, 1.807) is 30.3 Å². The summed E-state index contributed by atoms with van der Waals surface area (Å²) < 4.78 is 87.7. The summed E-state index contributed by atoms with van der Waals surface area (Å²) in [6.45, 7) is 0.0187. The molecule has 7 nitrogen and oxygen atoms in total. The van der Waals surface area contributed by atoms with Gasteiger partial charge in [0.2, 0.25) is 5.82 Å². The topological polar surface area (TPSA) is 90.2 Å². The third-order valence-electron chi connectivity index (χ3n) is 5.00. The summed E-state index contributed by atoms with van der Waals surface area (Å²) in [5, 5.41) is 13.6. The normalized spacial score (nSPS) is 11.3. The molecule has 0 unspecified atom stereocenters. The summed E-state index contributed by atoms with van der Waals surface area (Å²) in [5.74, 6) is -5.26. The summed E-state index contributed by atoms with van der Waals surface area (Å²) in [6.07, 6.45) is -4.38. The van der Waals surface area contributed by atoms with Crippen LogP contribution in [0.4, 0.5) is 43.5 Å². The van der Waals surface area contributed by atoms with Crippen LogP contribution in [0.3, 0.4) is 0 Å². The second-order valence-electron chi connectivity index (χ2n) is 7.54. The summed E-state index contributed by atoms with van der Waals surface area (Å²) in [5.41, 5.74) is -2.84. The molecule has 0 aliphatic heterocycles. The van der Waals surface area contributed by atoms with Crippen LogP contribution in [0.2, 0.25) is 0 Å². The predicted molar refractivity (Wildman–Crippen MR) is 119 cm³/mol. The number of hydrogen-bond acceptors (Lipinski definition) is 6. The molecule has 0 amide bonds. The van der Waals surface area contributed by atoms with Crippen LogP contribution in [0.25, 0.3) is 11.4 Å². The molecule has 0 radical (unpaired) electrons. The van der Waals surface area contributed by atoms with Gasteiger partial charge in [-0.3, -0.25) is 10.1 Å². The third kappa shape index (κ3) is 5.77. The number of aromatic nitrogens is 2. The van der Waals surface area contributed by atoms with Crippen LogP contribution in [-0.2, 0) is 12.8 Å². The summed E-state index contributed by atoms with van der Waals surface area (Å²) >= 11 is 0. The van der Waals surface area contributed by atoms with Gasteiger partial charge in [0.15, 0.2) is 17.5 Å². The van der Waals surface area contributed by atoms with Gasteiger partial charge in [-0.05, 0) is 23.8 Å². The molecule has 0 saturated carbocycles. The lowest BCUT2D eigenvalue weighted by atomic mass is 10.1. The Morgan fingerprint density at radius 1 is 0.946 bits per heavy atom. The number of rotatable bonds is 7. The molecule has 1 heterocycles. The monoisotopic (exact) mass is 520 g/mol. The fraction of sp³-hybridized carbons (Fsp3) is 0.0833. The van der Waals surface area contributed by atoms with Gasteiger partial charge in [-0.25, -0.2) is 23.1 Å². The number of nitrogens with zero attached hydrogens (tertiary/aromatic N) is 3. The highest BCUT2D eigenvalue weighted by molar-refractivity contribution is 5.69. The zero-order valence-electron chi connectivity index (χ0n) is 18.4. The lowest BCUT2D eigenvalue weighted by Crippen LogP contribution is -2.09. The van der Waals surface area contributed by atoms with Crippen molar-refractivity contribution in [1.29, 1.82) is 0 Å². The molecule has 0 atom stereocenters.